The molecule has 0 aliphatic rings. The molecule has 0 amide bonds. The van der Waals surface area contributed by atoms with Crippen molar-refractivity contribution in [1.29, 1.82) is 0 Å². The number of aryl methyl sites for hydroxylation is 1. The normalized spacial score (nSPS) is 11.5. The summed E-state index contributed by atoms with van der Waals surface area (Å²) >= 11 is 0. The maximum absolute atomic E-state index is 13.2. The fraction of sp³-hybridized carbons (Fsp3) is 0.211. The van der Waals surface area contributed by atoms with Crippen LogP contribution in [0.5, 0.6) is 11.5 Å². The van der Waals surface area contributed by atoms with Crippen molar-refractivity contribution in [2.45, 2.75) is 17.7 Å². The second-order valence-electron chi connectivity index (χ2n) is 5.91. The van der Waals surface area contributed by atoms with E-state index >= 15 is 0 Å². The second-order valence-corrected chi connectivity index (χ2v) is 7.72. The summed E-state index contributed by atoms with van der Waals surface area (Å²) in [6, 6.07) is 11.2. The standard InChI is InChI=1S/C19H19NO6S/c1-25-14-4-7-16(8-5-14)27(23,24)20-12-13(3-10-19(21)22)17-9-6-15(26-2)11-18(17)20/h4-9,11-12H,3,10H2,1-2H3,(H,21,22). The van der Waals surface area contributed by atoms with Gasteiger partial charge in [0.05, 0.1) is 24.6 Å². The van der Waals surface area contributed by atoms with Crippen LogP contribution >= 0.6 is 0 Å². The molecule has 0 radical (unpaired) electrons. The van der Waals surface area contributed by atoms with E-state index in [0.717, 1.165) is 0 Å². The average Bonchev–Trinajstić information content (AvgIpc) is 3.05. The molecule has 0 aliphatic heterocycles. The van der Waals surface area contributed by atoms with Gasteiger partial charge in [-0.05, 0) is 48.4 Å². The highest BCUT2D eigenvalue weighted by Gasteiger charge is 2.22. The molecule has 7 nitrogen and oxygen atoms in total. The molecule has 0 atom stereocenters. The van der Waals surface area contributed by atoms with Crippen LogP contribution in [-0.4, -0.2) is 37.7 Å². The van der Waals surface area contributed by atoms with E-state index in [9.17, 15) is 13.2 Å². The van der Waals surface area contributed by atoms with Gasteiger partial charge in [0.15, 0.2) is 0 Å². The Morgan fingerprint density at radius 3 is 2.26 bits per heavy atom. The van der Waals surface area contributed by atoms with Crippen LogP contribution in [0.1, 0.15) is 12.0 Å². The van der Waals surface area contributed by atoms with Gasteiger partial charge in [-0.25, -0.2) is 12.4 Å². The quantitative estimate of drug-likeness (QED) is 0.668. The largest absolute Gasteiger partial charge is 0.497 e. The first-order chi connectivity index (χ1) is 12.9. The minimum Gasteiger partial charge on any atom is -0.497 e. The zero-order valence-corrected chi connectivity index (χ0v) is 15.7. The van der Waals surface area contributed by atoms with Crippen molar-refractivity contribution < 1.29 is 27.8 Å². The number of hydrogen-bond acceptors (Lipinski definition) is 5. The van der Waals surface area contributed by atoms with Gasteiger partial charge in [0, 0.05) is 24.1 Å². The summed E-state index contributed by atoms with van der Waals surface area (Å²) in [5.41, 5.74) is 1.08. The average molecular weight is 389 g/mol. The topological polar surface area (TPSA) is 94.8 Å². The Morgan fingerprint density at radius 2 is 1.67 bits per heavy atom. The van der Waals surface area contributed by atoms with Crippen molar-refractivity contribution in [2.75, 3.05) is 14.2 Å². The maximum Gasteiger partial charge on any atom is 0.303 e. The summed E-state index contributed by atoms with van der Waals surface area (Å²) in [5.74, 6) is 0.120. The first kappa shape index (κ1) is 18.8. The number of aliphatic carboxylic acids is 1. The first-order valence-electron chi connectivity index (χ1n) is 8.16. The molecule has 1 aromatic heterocycles. The van der Waals surface area contributed by atoms with Crippen molar-refractivity contribution in [3.8, 4) is 11.5 Å². The molecule has 3 aromatic rings. The zero-order chi connectivity index (χ0) is 19.6. The van der Waals surface area contributed by atoms with E-state index in [0.29, 0.717) is 28.0 Å². The summed E-state index contributed by atoms with van der Waals surface area (Å²) in [6.45, 7) is 0. The molecule has 0 saturated carbocycles. The Balaban J connectivity index is 2.17. The molecule has 142 valence electrons. The highest BCUT2D eigenvalue weighted by molar-refractivity contribution is 7.90. The predicted molar refractivity (Wildman–Crippen MR) is 100 cm³/mol. The third-order valence-electron chi connectivity index (χ3n) is 4.29. The number of nitrogens with zero attached hydrogens (tertiary/aromatic N) is 1. The number of fused-ring (bicyclic) bond motifs is 1. The van der Waals surface area contributed by atoms with Crippen LogP contribution in [0.4, 0.5) is 0 Å². The number of benzene rings is 2. The van der Waals surface area contributed by atoms with Gasteiger partial charge in [-0.3, -0.25) is 4.79 Å². The lowest BCUT2D eigenvalue weighted by Gasteiger charge is -2.09. The van der Waals surface area contributed by atoms with Crippen molar-refractivity contribution in [3.05, 3.63) is 54.2 Å². The van der Waals surface area contributed by atoms with E-state index in [1.165, 1.54) is 36.5 Å². The zero-order valence-electron chi connectivity index (χ0n) is 14.9. The molecular formula is C19H19NO6S. The third kappa shape index (κ3) is 3.61. The number of carboxylic acid groups (broad SMARTS) is 1. The molecule has 0 spiro atoms. The highest BCUT2D eigenvalue weighted by atomic mass is 32.2. The van der Waals surface area contributed by atoms with Crippen LogP contribution in [0.3, 0.4) is 0 Å². The Labute approximate surface area is 156 Å². The molecule has 0 unspecified atom stereocenters. The number of aromatic nitrogens is 1. The molecule has 1 N–H and O–H groups in total. The van der Waals surface area contributed by atoms with Gasteiger partial charge < -0.3 is 14.6 Å². The summed E-state index contributed by atoms with van der Waals surface area (Å²) in [5, 5.41) is 9.64. The fourth-order valence-electron chi connectivity index (χ4n) is 2.87. The van der Waals surface area contributed by atoms with E-state index in [1.807, 2.05) is 0 Å². The number of methoxy groups -OCH3 is 2. The van der Waals surface area contributed by atoms with Gasteiger partial charge in [-0.1, -0.05) is 0 Å². The Morgan fingerprint density at radius 1 is 1.04 bits per heavy atom. The van der Waals surface area contributed by atoms with Gasteiger partial charge in [0.25, 0.3) is 10.0 Å². The van der Waals surface area contributed by atoms with Crippen molar-refractivity contribution >= 4 is 26.9 Å². The van der Waals surface area contributed by atoms with E-state index < -0.39 is 16.0 Å². The summed E-state index contributed by atoms with van der Waals surface area (Å²) in [4.78, 5) is 11.0. The predicted octanol–water partition coefficient (Wildman–Crippen LogP) is 2.91. The number of rotatable bonds is 7. The van der Waals surface area contributed by atoms with Crippen LogP contribution < -0.4 is 9.47 Å². The van der Waals surface area contributed by atoms with Gasteiger partial charge in [-0.2, -0.15) is 0 Å². The third-order valence-corrected chi connectivity index (χ3v) is 5.97. The van der Waals surface area contributed by atoms with Crippen LogP contribution in [-0.2, 0) is 21.2 Å². The molecule has 27 heavy (non-hydrogen) atoms. The lowest BCUT2D eigenvalue weighted by molar-refractivity contribution is -0.136. The molecule has 0 aliphatic carbocycles. The van der Waals surface area contributed by atoms with Crippen molar-refractivity contribution in [2.24, 2.45) is 0 Å². The Hall–Kier alpha value is -3.00. The maximum atomic E-state index is 13.2. The van der Waals surface area contributed by atoms with E-state index in [2.05, 4.69) is 0 Å². The first-order valence-corrected chi connectivity index (χ1v) is 9.60. The van der Waals surface area contributed by atoms with E-state index in [4.69, 9.17) is 14.6 Å². The highest BCUT2D eigenvalue weighted by Crippen LogP contribution is 2.30. The minimum absolute atomic E-state index is 0.0896. The smallest absolute Gasteiger partial charge is 0.303 e. The molecule has 0 saturated heterocycles. The SMILES string of the molecule is COc1ccc(S(=O)(=O)n2cc(CCC(=O)O)c3ccc(OC)cc32)cc1. The number of carbonyl (C=O) groups is 1. The Bertz CT molecular complexity index is 1080. The molecule has 3 rings (SSSR count). The van der Waals surface area contributed by atoms with Gasteiger partial charge >= 0.3 is 5.97 Å². The Kier molecular flexibility index (Phi) is 5.09. The van der Waals surface area contributed by atoms with E-state index in [1.54, 1.807) is 30.3 Å². The lowest BCUT2D eigenvalue weighted by atomic mass is 10.1. The fourth-order valence-corrected chi connectivity index (χ4v) is 4.26. The molecule has 2 aromatic carbocycles. The molecule has 8 heteroatoms. The number of ether oxygens (including phenoxy) is 2. The minimum atomic E-state index is -3.88. The van der Waals surface area contributed by atoms with Crippen LogP contribution in [0, 0.1) is 0 Å². The molecule has 0 fully saturated rings. The van der Waals surface area contributed by atoms with Gasteiger partial charge in [-0.15, -0.1) is 0 Å². The van der Waals surface area contributed by atoms with Crippen molar-refractivity contribution in [3.63, 3.8) is 0 Å². The van der Waals surface area contributed by atoms with Crippen LogP contribution in [0.2, 0.25) is 0 Å². The van der Waals surface area contributed by atoms with Crippen molar-refractivity contribution in [1.82, 2.24) is 3.97 Å². The van der Waals surface area contributed by atoms with E-state index in [-0.39, 0.29) is 17.7 Å². The molecule has 0 bridgehead atoms. The number of hydrogen-bond donors (Lipinski definition) is 1. The van der Waals surface area contributed by atoms with Crippen LogP contribution in [0.25, 0.3) is 10.9 Å². The lowest BCUT2D eigenvalue weighted by Crippen LogP contribution is -2.12. The van der Waals surface area contributed by atoms with Crippen LogP contribution in [0.15, 0.2) is 53.6 Å². The second kappa shape index (κ2) is 7.32. The van der Waals surface area contributed by atoms with Gasteiger partial charge in [0.2, 0.25) is 0 Å². The summed E-state index contributed by atoms with van der Waals surface area (Å²) in [7, 11) is -0.873. The monoisotopic (exact) mass is 389 g/mol. The summed E-state index contributed by atoms with van der Waals surface area (Å²) < 4.78 is 37.8. The summed E-state index contributed by atoms with van der Waals surface area (Å²) in [6.07, 6.45) is 1.61. The number of carboxylic acids is 1. The van der Waals surface area contributed by atoms with Gasteiger partial charge in [0.1, 0.15) is 11.5 Å². The molecule has 1 heterocycles. The molecular weight excluding hydrogens is 370 g/mol.